The zero-order valence-electron chi connectivity index (χ0n) is 31.2. The first kappa shape index (κ1) is 42.3. The molecule has 0 aromatic heterocycles. The topological polar surface area (TPSA) is 53.6 Å². The van der Waals surface area contributed by atoms with Gasteiger partial charge in [0, 0.05) is 76.0 Å². The highest BCUT2D eigenvalue weighted by Gasteiger charge is 2.42. The molecule has 0 aliphatic carbocycles. The van der Waals surface area contributed by atoms with Gasteiger partial charge in [0.2, 0.25) is 5.91 Å². The van der Waals surface area contributed by atoms with Crippen molar-refractivity contribution in [2.75, 3.05) is 79.5 Å². The van der Waals surface area contributed by atoms with Gasteiger partial charge in [-0.3, -0.25) is 24.3 Å². The third-order valence-electron chi connectivity index (χ3n) is 11.7. The molecule has 4 saturated heterocycles. The number of rotatable bonds is 10. The molecule has 4 heterocycles. The Morgan fingerprint density at radius 2 is 1.39 bits per heavy atom. The quantitative estimate of drug-likeness (QED) is 0.289. The number of amides is 2. The molecule has 4 unspecified atom stereocenters. The smallest absolute Gasteiger partial charge is 0.340 e. The molecule has 0 saturated carbocycles. The first-order chi connectivity index (χ1) is 25.2. The van der Waals surface area contributed by atoms with Crippen LogP contribution in [0.5, 0.6) is 0 Å². The lowest BCUT2D eigenvalue weighted by molar-refractivity contribution is -0.143. The minimum Gasteiger partial charge on any atom is -0.340 e. The molecule has 4 aliphatic heterocycles. The van der Waals surface area contributed by atoms with Crippen molar-refractivity contribution in [3.63, 3.8) is 0 Å². The van der Waals surface area contributed by atoms with Gasteiger partial charge >= 0.3 is 12.4 Å². The number of piperidine rings is 1. The lowest BCUT2D eigenvalue weighted by atomic mass is 9.90. The zero-order valence-corrected chi connectivity index (χ0v) is 32.2. The number of nitrogens with zero attached hydrogens (tertiary/aromatic N) is 6. The highest BCUT2D eigenvalue weighted by Crippen LogP contribution is 2.37. The molecular weight excluding hydrogens is 731 g/mol. The maximum absolute atomic E-state index is 13.8. The number of carbonyl (C=O) groups is 2. The number of likely N-dealkylation sites (tertiary alicyclic amines) is 3. The van der Waals surface area contributed by atoms with E-state index in [1.807, 2.05) is 30.3 Å². The van der Waals surface area contributed by atoms with E-state index in [1.54, 1.807) is 0 Å². The second-order valence-corrected chi connectivity index (χ2v) is 15.5. The Labute approximate surface area is 321 Å². The molecule has 0 N–H and O–H groups in total. The number of halogens is 6. The van der Waals surface area contributed by atoms with E-state index in [2.05, 4.69) is 38.6 Å². The Morgan fingerprint density at radius 3 is 2.00 bits per heavy atom. The van der Waals surface area contributed by atoms with E-state index in [1.165, 1.54) is 4.90 Å². The number of carbonyl (C=O) groups excluding carboxylic acids is 2. The van der Waals surface area contributed by atoms with Crippen LogP contribution in [0.2, 0.25) is 0 Å². The van der Waals surface area contributed by atoms with Gasteiger partial charge in [0.1, 0.15) is 0 Å². The average molecular weight is 785 g/mol. The molecule has 0 bridgehead atoms. The second-order valence-electron chi connectivity index (χ2n) is 15.5. The van der Waals surface area contributed by atoms with Gasteiger partial charge in [-0.15, -0.1) is 0 Å². The van der Waals surface area contributed by atoms with E-state index in [-0.39, 0.29) is 44.1 Å². The van der Waals surface area contributed by atoms with Crippen LogP contribution >= 0.6 is 13.5 Å². The molecule has 8 nitrogen and oxygen atoms in total. The van der Waals surface area contributed by atoms with Crippen LogP contribution in [0.25, 0.3) is 0 Å². The first-order valence-corrected chi connectivity index (χ1v) is 19.0. The number of hydrogen-bond acceptors (Lipinski definition) is 6. The molecule has 6 rings (SSSR count). The lowest BCUT2D eigenvalue weighted by Crippen LogP contribution is -2.58. The fourth-order valence-corrected chi connectivity index (χ4v) is 8.83. The fourth-order valence-electron chi connectivity index (χ4n) is 8.83. The SMILES string of the molecule is CN(C)CCCN1CCCC1C(=O)N1CCC(N2CCN(C3CCN(C(=O)c4cc(C(F)(F)F)cc(C(F)(F)F)c4)C(Cc4ccccc4)C3)CC2)C1.S. The molecule has 4 atom stereocenters. The molecule has 15 heteroatoms. The normalized spacial score (nSPS) is 25.0. The van der Waals surface area contributed by atoms with Crippen molar-refractivity contribution in [3.05, 3.63) is 70.8 Å². The highest BCUT2D eigenvalue weighted by atomic mass is 32.1. The van der Waals surface area contributed by atoms with Crippen LogP contribution in [0.4, 0.5) is 26.3 Å². The molecule has 2 aromatic carbocycles. The van der Waals surface area contributed by atoms with Crippen molar-refractivity contribution in [2.24, 2.45) is 0 Å². The summed E-state index contributed by atoms with van der Waals surface area (Å²) >= 11 is 0. The molecule has 4 fully saturated rings. The Hall–Kier alpha value is -2.85. The Balaban J connectivity index is 0.00000561. The molecule has 0 radical (unpaired) electrons. The van der Waals surface area contributed by atoms with Crippen LogP contribution in [-0.4, -0.2) is 145 Å². The van der Waals surface area contributed by atoms with E-state index < -0.39 is 41.0 Å². The summed E-state index contributed by atoms with van der Waals surface area (Å²) in [6, 6.07) is 10.6. The van der Waals surface area contributed by atoms with Crippen LogP contribution in [0, 0.1) is 0 Å². The predicted octanol–water partition coefficient (Wildman–Crippen LogP) is 5.69. The van der Waals surface area contributed by atoms with E-state index in [0.29, 0.717) is 37.4 Å². The summed E-state index contributed by atoms with van der Waals surface area (Å²) in [6.07, 6.45) is -4.53. The minimum atomic E-state index is -5.04. The standard InChI is InChI=1S/C39H52F6N6O2.H2S/c1-46(2)13-7-15-49-14-6-10-35(49)37(53)50-16-11-33(27-50)48-20-18-47(19-21-48)32-12-17-51(34(26-32)22-28-8-4-3-5-9-28)36(52)29-23-30(38(40,41)42)25-31(24-29)39(43,44)45;/h3-5,8-9,23-25,32-35H,6-7,10-22,26-27H2,1-2H3;1H2. The largest absolute Gasteiger partial charge is 0.416 e. The average Bonchev–Trinajstić information content (AvgIpc) is 3.81. The van der Waals surface area contributed by atoms with Gasteiger partial charge in [-0.1, -0.05) is 30.3 Å². The van der Waals surface area contributed by atoms with Gasteiger partial charge in [0.05, 0.1) is 17.2 Å². The molecule has 2 aromatic rings. The van der Waals surface area contributed by atoms with E-state index >= 15 is 0 Å². The van der Waals surface area contributed by atoms with E-state index in [0.717, 1.165) is 90.1 Å². The van der Waals surface area contributed by atoms with Crippen LogP contribution < -0.4 is 0 Å². The third kappa shape index (κ3) is 10.3. The van der Waals surface area contributed by atoms with Crippen molar-refractivity contribution < 1.29 is 35.9 Å². The summed E-state index contributed by atoms with van der Waals surface area (Å²) < 4.78 is 81.9. The molecule has 54 heavy (non-hydrogen) atoms. The monoisotopic (exact) mass is 784 g/mol. The van der Waals surface area contributed by atoms with Crippen LogP contribution in [0.3, 0.4) is 0 Å². The molecule has 0 spiro atoms. The van der Waals surface area contributed by atoms with Gasteiger partial charge in [0.15, 0.2) is 0 Å². The van der Waals surface area contributed by atoms with Gasteiger partial charge < -0.3 is 14.7 Å². The van der Waals surface area contributed by atoms with Crippen molar-refractivity contribution in [3.8, 4) is 0 Å². The van der Waals surface area contributed by atoms with E-state index in [4.69, 9.17) is 0 Å². The number of piperazine rings is 1. The summed E-state index contributed by atoms with van der Waals surface area (Å²) in [6.45, 7) is 7.99. The number of alkyl halides is 6. The van der Waals surface area contributed by atoms with Crippen LogP contribution in [0.15, 0.2) is 48.5 Å². The second kappa shape index (κ2) is 18.0. The van der Waals surface area contributed by atoms with Crippen molar-refractivity contribution in [2.45, 2.75) is 81.5 Å². The van der Waals surface area contributed by atoms with E-state index in [9.17, 15) is 35.9 Å². The number of benzene rings is 2. The molecular formula is C39H54F6N6O2S. The molecule has 2 amide bonds. The summed E-state index contributed by atoms with van der Waals surface area (Å²) in [4.78, 5) is 40.4. The maximum Gasteiger partial charge on any atom is 0.416 e. The minimum absolute atomic E-state index is 0. The number of hydrogen-bond donors (Lipinski definition) is 0. The van der Waals surface area contributed by atoms with Crippen LogP contribution in [0.1, 0.15) is 65.6 Å². The van der Waals surface area contributed by atoms with Gasteiger partial charge in [-0.2, -0.15) is 39.8 Å². The highest BCUT2D eigenvalue weighted by molar-refractivity contribution is 7.59. The third-order valence-corrected chi connectivity index (χ3v) is 11.7. The Morgan fingerprint density at radius 1 is 0.778 bits per heavy atom. The molecule has 4 aliphatic rings. The van der Waals surface area contributed by atoms with Crippen molar-refractivity contribution in [1.29, 1.82) is 0 Å². The zero-order chi connectivity index (χ0) is 37.9. The van der Waals surface area contributed by atoms with Gasteiger partial charge in [-0.25, -0.2) is 0 Å². The maximum atomic E-state index is 13.8. The summed E-state index contributed by atoms with van der Waals surface area (Å²) in [5.74, 6) is -0.556. The first-order valence-electron chi connectivity index (χ1n) is 19.0. The van der Waals surface area contributed by atoms with Crippen molar-refractivity contribution >= 4 is 25.3 Å². The predicted molar refractivity (Wildman–Crippen MR) is 201 cm³/mol. The van der Waals surface area contributed by atoms with Crippen LogP contribution in [-0.2, 0) is 23.6 Å². The fraction of sp³-hybridized carbons (Fsp3) is 0.641. The van der Waals surface area contributed by atoms with Gasteiger partial charge in [0.25, 0.3) is 5.91 Å². The molecule has 300 valence electrons. The van der Waals surface area contributed by atoms with Crippen molar-refractivity contribution in [1.82, 2.24) is 29.4 Å². The lowest BCUT2D eigenvalue weighted by Gasteiger charge is -2.47. The van der Waals surface area contributed by atoms with Gasteiger partial charge in [-0.05, 0) is 95.9 Å². The summed E-state index contributed by atoms with van der Waals surface area (Å²) in [7, 11) is 4.14. The Kier molecular flexibility index (Phi) is 14.1. The summed E-state index contributed by atoms with van der Waals surface area (Å²) in [5.41, 5.74) is -2.65. The Bertz CT molecular complexity index is 1520. The summed E-state index contributed by atoms with van der Waals surface area (Å²) in [5, 5.41) is 0.